The molecular weight excluding hydrogens is 308 g/mol. The number of likely N-dealkylation sites (tertiary alicyclic amines) is 1. The number of likely N-dealkylation sites (N-methyl/N-ethyl adjacent to an activating group) is 1. The molecule has 1 saturated heterocycles. The van der Waals surface area contributed by atoms with Crippen LogP contribution in [0.1, 0.15) is 12.8 Å². The molecule has 8 nitrogen and oxygen atoms in total. The summed E-state index contributed by atoms with van der Waals surface area (Å²) in [6, 6.07) is 3.49. The van der Waals surface area contributed by atoms with Crippen molar-refractivity contribution in [1.82, 2.24) is 19.4 Å². The molecule has 1 aliphatic heterocycles. The molecule has 22 heavy (non-hydrogen) atoms. The van der Waals surface area contributed by atoms with Crippen molar-refractivity contribution in [2.24, 2.45) is 0 Å². The minimum absolute atomic E-state index is 0.00612. The van der Waals surface area contributed by atoms with E-state index in [1.54, 1.807) is 23.2 Å². The number of carbonyl (C=O) groups is 1. The van der Waals surface area contributed by atoms with Gasteiger partial charge in [-0.2, -0.15) is 9.40 Å². The highest BCUT2D eigenvalue weighted by Gasteiger charge is 2.26. The zero-order valence-electron chi connectivity index (χ0n) is 12.7. The molecule has 1 amide bonds. The Kier molecular flexibility index (Phi) is 5.30. The highest BCUT2D eigenvalue weighted by molar-refractivity contribution is 7.88. The molecule has 1 aromatic heterocycles. The number of ether oxygens (including phenoxy) is 1. The maximum Gasteiger partial charge on any atom is 0.237 e. The quantitative estimate of drug-likeness (QED) is 0.739. The summed E-state index contributed by atoms with van der Waals surface area (Å²) in [5.41, 5.74) is 0. The van der Waals surface area contributed by atoms with Gasteiger partial charge >= 0.3 is 0 Å². The van der Waals surface area contributed by atoms with E-state index in [1.165, 1.54) is 7.05 Å². The van der Waals surface area contributed by atoms with Gasteiger partial charge in [-0.25, -0.2) is 8.42 Å². The van der Waals surface area contributed by atoms with Crippen LogP contribution in [0.3, 0.4) is 0 Å². The van der Waals surface area contributed by atoms with E-state index >= 15 is 0 Å². The van der Waals surface area contributed by atoms with Crippen molar-refractivity contribution >= 4 is 15.9 Å². The van der Waals surface area contributed by atoms with Crippen molar-refractivity contribution in [3.8, 4) is 5.88 Å². The van der Waals surface area contributed by atoms with Gasteiger partial charge in [-0.15, -0.1) is 5.10 Å². The molecule has 0 N–H and O–H groups in total. The normalized spacial score (nSPS) is 16.8. The average Bonchev–Trinajstić information content (AvgIpc) is 2.48. The third kappa shape index (κ3) is 4.63. The van der Waals surface area contributed by atoms with Crippen molar-refractivity contribution in [2.45, 2.75) is 18.9 Å². The number of carbonyl (C=O) groups excluding carboxylic acids is 1. The SMILES string of the molecule is CN(CC(=O)N1CCC(Oc2cccnn2)CC1)S(C)(=O)=O. The van der Waals surface area contributed by atoms with Crippen LogP contribution in [-0.2, 0) is 14.8 Å². The van der Waals surface area contributed by atoms with Gasteiger partial charge in [0.05, 0.1) is 12.8 Å². The fraction of sp³-hybridized carbons (Fsp3) is 0.615. The van der Waals surface area contributed by atoms with Crippen LogP contribution in [0, 0.1) is 0 Å². The number of nitrogens with zero attached hydrogens (tertiary/aromatic N) is 4. The predicted molar refractivity (Wildman–Crippen MR) is 79.7 cm³/mol. The first-order chi connectivity index (χ1) is 10.4. The van der Waals surface area contributed by atoms with Crippen LogP contribution in [0.5, 0.6) is 5.88 Å². The van der Waals surface area contributed by atoms with Crippen molar-refractivity contribution in [1.29, 1.82) is 0 Å². The van der Waals surface area contributed by atoms with Crippen LogP contribution in [0.2, 0.25) is 0 Å². The molecule has 0 atom stereocenters. The van der Waals surface area contributed by atoms with Gasteiger partial charge in [-0.05, 0) is 6.07 Å². The smallest absolute Gasteiger partial charge is 0.237 e. The molecule has 2 rings (SSSR count). The minimum Gasteiger partial charge on any atom is -0.473 e. The van der Waals surface area contributed by atoms with Crippen molar-refractivity contribution < 1.29 is 17.9 Å². The Morgan fingerprint density at radius 2 is 2.14 bits per heavy atom. The number of amides is 1. The Hall–Kier alpha value is -1.74. The Bertz CT molecular complexity index is 600. The number of aromatic nitrogens is 2. The van der Waals surface area contributed by atoms with Crippen LogP contribution >= 0.6 is 0 Å². The van der Waals surface area contributed by atoms with Gasteiger partial charge in [0.1, 0.15) is 6.10 Å². The van der Waals surface area contributed by atoms with Gasteiger partial charge in [-0.3, -0.25) is 4.79 Å². The van der Waals surface area contributed by atoms with Crippen LogP contribution < -0.4 is 4.74 Å². The van der Waals surface area contributed by atoms with Crippen molar-refractivity contribution in [3.05, 3.63) is 18.3 Å². The van der Waals surface area contributed by atoms with Gasteiger partial charge < -0.3 is 9.64 Å². The van der Waals surface area contributed by atoms with E-state index in [2.05, 4.69) is 10.2 Å². The summed E-state index contributed by atoms with van der Waals surface area (Å²) in [5, 5.41) is 7.61. The first kappa shape index (κ1) is 16.6. The van der Waals surface area contributed by atoms with E-state index in [1.807, 2.05) is 0 Å². The molecule has 1 aliphatic rings. The molecule has 0 aliphatic carbocycles. The molecule has 2 heterocycles. The minimum atomic E-state index is -3.34. The first-order valence-electron chi connectivity index (χ1n) is 6.99. The van der Waals surface area contributed by atoms with Crippen molar-refractivity contribution in [2.75, 3.05) is 32.9 Å². The molecular formula is C13H20N4O4S. The zero-order chi connectivity index (χ0) is 16.2. The average molecular weight is 328 g/mol. The summed E-state index contributed by atoms with van der Waals surface area (Å²) < 4.78 is 29.4. The lowest BCUT2D eigenvalue weighted by Crippen LogP contribution is -2.46. The number of sulfonamides is 1. The van der Waals surface area contributed by atoms with Crippen LogP contribution in [0.25, 0.3) is 0 Å². The molecule has 0 aromatic carbocycles. The third-order valence-corrected chi connectivity index (χ3v) is 4.82. The number of hydrogen-bond donors (Lipinski definition) is 0. The van der Waals surface area contributed by atoms with Crippen LogP contribution in [0.15, 0.2) is 18.3 Å². The van der Waals surface area contributed by atoms with Gasteiger partial charge in [0, 0.05) is 45.2 Å². The van der Waals surface area contributed by atoms with E-state index in [-0.39, 0.29) is 18.6 Å². The lowest BCUT2D eigenvalue weighted by Gasteiger charge is -2.32. The largest absolute Gasteiger partial charge is 0.473 e. The lowest BCUT2D eigenvalue weighted by atomic mass is 10.1. The summed E-state index contributed by atoms with van der Waals surface area (Å²) in [4.78, 5) is 13.7. The van der Waals surface area contributed by atoms with E-state index in [0.717, 1.165) is 10.6 Å². The molecule has 122 valence electrons. The summed E-state index contributed by atoms with van der Waals surface area (Å²) in [7, 11) is -1.94. The van der Waals surface area contributed by atoms with Crippen LogP contribution in [-0.4, -0.2) is 72.8 Å². The summed E-state index contributed by atoms with van der Waals surface area (Å²) in [5.74, 6) is 0.287. The van der Waals surface area contributed by atoms with Gasteiger partial charge in [0.2, 0.25) is 21.8 Å². The number of rotatable bonds is 5. The Balaban J connectivity index is 1.80. The van der Waals surface area contributed by atoms with E-state index in [4.69, 9.17) is 4.74 Å². The second-order valence-corrected chi connectivity index (χ2v) is 7.37. The standard InChI is InChI=1S/C13H20N4O4S/c1-16(22(2,19)20)10-13(18)17-8-5-11(6-9-17)21-12-4-3-7-14-15-12/h3-4,7,11H,5-6,8-10H2,1-2H3. The fourth-order valence-corrected chi connectivity index (χ4v) is 2.50. The zero-order valence-corrected chi connectivity index (χ0v) is 13.5. The second-order valence-electron chi connectivity index (χ2n) is 5.28. The monoisotopic (exact) mass is 328 g/mol. The Morgan fingerprint density at radius 3 is 2.68 bits per heavy atom. The predicted octanol–water partition coefficient (Wildman–Crippen LogP) is -0.262. The van der Waals surface area contributed by atoms with E-state index in [0.29, 0.717) is 31.8 Å². The summed E-state index contributed by atoms with van der Waals surface area (Å²) in [6.07, 6.45) is 4.03. The van der Waals surface area contributed by atoms with Gasteiger partial charge in [-0.1, -0.05) is 0 Å². The summed E-state index contributed by atoms with van der Waals surface area (Å²) >= 11 is 0. The van der Waals surface area contributed by atoms with Gasteiger partial charge in [0.25, 0.3) is 0 Å². The molecule has 0 bridgehead atoms. The van der Waals surface area contributed by atoms with E-state index < -0.39 is 10.0 Å². The van der Waals surface area contributed by atoms with Crippen molar-refractivity contribution in [3.63, 3.8) is 0 Å². The molecule has 0 saturated carbocycles. The number of piperidine rings is 1. The van der Waals surface area contributed by atoms with E-state index in [9.17, 15) is 13.2 Å². The summed E-state index contributed by atoms with van der Waals surface area (Å²) in [6.45, 7) is 0.956. The highest BCUT2D eigenvalue weighted by Crippen LogP contribution is 2.16. The molecule has 1 aromatic rings. The molecule has 0 radical (unpaired) electrons. The topological polar surface area (TPSA) is 92.7 Å². The third-order valence-electron chi connectivity index (χ3n) is 3.55. The highest BCUT2D eigenvalue weighted by atomic mass is 32.2. The lowest BCUT2D eigenvalue weighted by molar-refractivity contribution is -0.133. The molecule has 9 heteroatoms. The number of hydrogen-bond acceptors (Lipinski definition) is 6. The Labute approximate surface area is 130 Å². The Morgan fingerprint density at radius 1 is 1.45 bits per heavy atom. The van der Waals surface area contributed by atoms with Gasteiger partial charge in [0.15, 0.2) is 0 Å². The molecule has 0 unspecified atom stereocenters. The molecule has 1 fully saturated rings. The maximum absolute atomic E-state index is 12.1. The first-order valence-corrected chi connectivity index (χ1v) is 8.84. The maximum atomic E-state index is 12.1. The fourth-order valence-electron chi connectivity index (χ4n) is 2.15. The van der Waals surface area contributed by atoms with Crippen LogP contribution in [0.4, 0.5) is 0 Å². The second kappa shape index (κ2) is 7.01. The molecule has 0 spiro atoms.